The molecule has 0 spiro atoms. The first kappa shape index (κ1) is 24.9. The Bertz CT molecular complexity index is 797. The van der Waals surface area contributed by atoms with Gasteiger partial charge >= 0.3 is 0 Å². The Balaban J connectivity index is 0.00000420. The number of rotatable bonds is 9. The normalized spacial score (nSPS) is 10.7. The van der Waals surface area contributed by atoms with Crippen LogP contribution in [0.15, 0.2) is 41.4 Å². The van der Waals surface area contributed by atoms with Crippen molar-refractivity contribution < 1.29 is 14.2 Å². The summed E-state index contributed by atoms with van der Waals surface area (Å²) in [6.07, 6.45) is 0.762. The Kier molecular flexibility index (Phi) is 11.3. The van der Waals surface area contributed by atoms with E-state index >= 15 is 0 Å². The molecular weight excluding hydrogens is 481 g/mol. The highest BCUT2D eigenvalue weighted by molar-refractivity contribution is 14.0. The lowest BCUT2D eigenvalue weighted by molar-refractivity contribution is 0.322. The monoisotopic (exact) mass is 513 g/mol. The van der Waals surface area contributed by atoms with Crippen molar-refractivity contribution in [3.8, 4) is 17.2 Å². The fourth-order valence-electron chi connectivity index (χ4n) is 2.97. The summed E-state index contributed by atoms with van der Waals surface area (Å²) >= 11 is 0. The van der Waals surface area contributed by atoms with Gasteiger partial charge in [0.25, 0.3) is 0 Å². The maximum absolute atomic E-state index is 5.55. The summed E-state index contributed by atoms with van der Waals surface area (Å²) in [5.41, 5.74) is 3.51. The molecule has 7 heteroatoms. The van der Waals surface area contributed by atoms with E-state index in [-0.39, 0.29) is 24.0 Å². The van der Waals surface area contributed by atoms with E-state index in [1.165, 1.54) is 11.1 Å². The molecule has 2 aromatic rings. The molecule has 0 aromatic heterocycles. The topological polar surface area (TPSA) is 64.1 Å². The largest absolute Gasteiger partial charge is 0.493 e. The van der Waals surface area contributed by atoms with Gasteiger partial charge in [0.1, 0.15) is 0 Å². The molecule has 0 heterocycles. The Morgan fingerprint density at radius 3 is 2.24 bits per heavy atom. The van der Waals surface area contributed by atoms with Crippen LogP contribution in [0.5, 0.6) is 17.2 Å². The molecule has 6 nitrogen and oxygen atoms in total. The zero-order valence-electron chi connectivity index (χ0n) is 17.9. The predicted octanol–water partition coefficient (Wildman–Crippen LogP) is 3.94. The third-order valence-corrected chi connectivity index (χ3v) is 4.49. The van der Waals surface area contributed by atoms with Gasteiger partial charge in [-0.15, -0.1) is 24.0 Å². The first-order valence-corrected chi connectivity index (χ1v) is 9.49. The van der Waals surface area contributed by atoms with Gasteiger partial charge in [-0.25, -0.2) is 4.99 Å². The molecule has 0 aliphatic carbocycles. The van der Waals surface area contributed by atoms with Gasteiger partial charge in [0, 0.05) is 18.7 Å². The number of halogens is 1. The number of aliphatic imine (C=N–C) groups is 1. The Labute approximate surface area is 191 Å². The van der Waals surface area contributed by atoms with Gasteiger partial charge in [-0.05, 0) is 37.5 Å². The average Bonchev–Trinajstić information content (AvgIpc) is 2.72. The van der Waals surface area contributed by atoms with E-state index in [1.54, 1.807) is 21.3 Å². The fraction of sp³-hybridized carbons (Fsp3) is 0.409. The number of nitrogens with one attached hydrogen (secondary N) is 2. The zero-order chi connectivity index (χ0) is 20.4. The second-order valence-corrected chi connectivity index (χ2v) is 6.29. The standard InChI is InChI=1S/C22H31N3O3.HI/c1-6-23-22(25-15-18-10-8-7-9-16(18)2)24-14-13-17-11-12-19(26-3)21(28-5)20(17)27-4;/h7-12H,6,13-15H2,1-5H3,(H2,23,24,25);1H. The smallest absolute Gasteiger partial charge is 0.203 e. The van der Waals surface area contributed by atoms with Crippen LogP contribution in [-0.4, -0.2) is 40.4 Å². The minimum absolute atomic E-state index is 0. The number of aryl methyl sites for hydroxylation is 1. The van der Waals surface area contributed by atoms with Crippen LogP contribution in [0.1, 0.15) is 23.6 Å². The van der Waals surface area contributed by atoms with Crippen LogP contribution in [0.2, 0.25) is 0 Å². The van der Waals surface area contributed by atoms with Gasteiger partial charge in [0.15, 0.2) is 17.5 Å². The second kappa shape index (κ2) is 13.1. The van der Waals surface area contributed by atoms with Crippen LogP contribution in [0.4, 0.5) is 0 Å². The molecule has 0 bridgehead atoms. The van der Waals surface area contributed by atoms with Gasteiger partial charge in [0.05, 0.1) is 27.9 Å². The second-order valence-electron chi connectivity index (χ2n) is 6.29. The quantitative estimate of drug-likeness (QED) is 0.302. The molecular formula is C22H32IN3O3. The third kappa shape index (κ3) is 6.99. The molecule has 0 aliphatic heterocycles. The van der Waals surface area contributed by atoms with Crippen molar-refractivity contribution in [1.29, 1.82) is 0 Å². The van der Waals surface area contributed by atoms with Crippen molar-refractivity contribution in [3.05, 3.63) is 53.1 Å². The van der Waals surface area contributed by atoms with E-state index in [2.05, 4.69) is 36.6 Å². The number of hydrogen-bond donors (Lipinski definition) is 2. The lowest BCUT2D eigenvalue weighted by Gasteiger charge is -2.16. The summed E-state index contributed by atoms with van der Waals surface area (Å²) in [6, 6.07) is 12.2. The number of hydrogen-bond acceptors (Lipinski definition) is 4. The molecule has 0 unspecified atom stereocenters. The van der Waals surface area contributed by atoms with Gasteiger partial charge in [-0.1, -0.05) is 30.3 Å². The molecule has 0 saturated carbocycles. The molecule has 160 valence electrons. The van der Waals surface area contributed by atoms with E-state index in [9.17, 15) is 0 Å². The maximum Gasteiger partial charge on any atom is 0.203 e. The van der Waals surface area contributed by atoms with Gasteiger partial charge in [0.2, 0.25) is 5.75 Å². The summed E-state index contributed by atoms with van der Waals surface area (Å²) in [5, 5.41) is 6.68. The van der Waals surface area contributed by atoms with Crippen molar-refractivity contribution in [3.63, 3.8) is 0 Å². The third-order valence-electron chi connectivity index (χ3n) is 4.49. The number of ether oxygens (including phenoxy) is 3. The minimum atomic E-state index is 0. The van der Waals surface area contributed by atoms with E-state index in [0.717, 1.165) is 24.5 Å². The Morgan fingerprint density at radius 2 is 1.62 bits per heavy atom. The molecule has 2 N–H and O–H groups in total. The van der Waals surface area contributed by atoms with Crippen molar-refractivity contribution in [2.24, 2.45) is 4.99 Å². The lowest BCUT2D eigenvalue weighted by Crippen LogP contribution is -2.38. The molecule has 2 aromatic carbocycles. The predicted molar refractivity (Wildman–Crippen MR) is 129 cm³/mol. The highest BCUT2D eigenvalue weighted by Gasteiger charge is 2.15. The van der Waals surface area contributed by atoms with E-state index in [0.29, 0.717) is 30.3 Å². The Morgan fingerprint density at radius 1 is 0.897 bits per heavy atom. The van der Waals surface area contributed by atoms with Crippen LogP contribution in [-0.2, 0) is 13.0 Å². The molecule has 0 fully saturated rings. The lowest BCUT2D eigenvalue weighted by atomic mass is 10.1. The van der Waals surface area contributed by atoms with E-state index in [4.69, 9.17) is 19.2 Å². The SMILES string of the molecule is CCNC(=NCc1ccccc1C)NCCc1ccc(OC)c(OC)c1OC.I. The van der Waals surface area contributed by atoms with Crippen molar-refractivity contribution in [2.75, 3.05) is 34.4 Å². The molecule has 0 atom stereocenters. The molecule has 0 amide bonds. The summed E-state index contributed by atoms with van der Waals surface area (Å²) in [4.78, 5) is 4.70. The molecule has 0 saturated heterocycles. The number of guanidine groups is 1. The number of methoxy groups -OCH3 is 3. The van der Waals surface area contributed by atoms with Crippen molar-refractivity contribution in [2.45, 2.75) is 26.8 Å². The average molecular weight is 513 g/mol. The van der Waals surface area contributed by atoms with Gasteiger partial charge in [-0.3, -0.25) is 0 Å². The summed E-state index contributed by atoms with van der Waals surface area (Å²) in [7, 11) is 4.87. The van der Waals surface area contributed by atoms with Gasteiger partial charge < -0.3 is 24.8 Å². The zero-order valence-corrected chi connectivity index (χ0v) is 20.2. The van der Waals surface area contributed by atoms with E-state index in [1.807, 2.05) is 24.3 Å². The van der Waals surface area contributed by atoms with Gasteiger partial charge in [-0.2, -0.15) is 0 Å². The first-order valence-electron chi connectivity index (χ1n) is 9.49. The Hall–Kier alpha value is -2.16. The molecule has 0 radical (unpaired) electrons. The molecule has 29 heavy (non-hydrogen) atoms. The first-order chi connectivity index (χ1) is 13.6. The highest BCUT2D eigenvalue weighted by Crippen LogP contribution is 2.39. The van der Waals surface area contributed by atoms with Crippen LogP contribution in [0, 0.1) is 6.92 Å². The van der Waals surface area contributed by atoms with Crippen LogP contribution in [0.25, 0.3) is 0 Å². The summed E-state index contributed by atoms with van der Waals surface area (Å²) < 4.78 is 16.4. The number of benzene rings is 2. The highest BCUT2D eigenvalue weighted by atomic mass is 127. The summed E-state index contributed by atoms with van der Waals surface area (Å²) in [5.74, 6) is 2.77. The van der Waals surface area contributed by atoms with Crippen LogP contribution >= 0.6 is 24.0 Å². The van der Waals surface area contributed by atoms with E-state index < -0.39 is 0 Å². The molecule has 0 aliphatic rings. The maximum atomic E-state index is 5.55. The van der Waals surface area contributed by atoms with Crippen LogP contribution in [0.3, 0.4) is 0 Å². The fourth-order valence-corrected chi connectivity index (χ4v) is 2.97. The summed E-state index contributed by atoms with van der Waals surface area (Å²) in [6.45, 7) is 6.32. The van der Waals surface area contributed by atoms with Crippen molar-refractivity contribution in [1.82, 2.24) is 10.6 Å². The minimum Gasteiger partial charge on any atom is -0.493 e. The molecule has 2 rings (SSSR count). The van der Waals surface area contributed by atoms with Crippen molar-refractivity contribution >= 4 is 29.9 Å². The number of nitrogens with zero attached hydrogens (tertiary/aromatic N) is 1. The van der Waals surface area contributed by atoms with Crippen LogP contribution < -0.4 is 24.8 Å².